The van der Waals surface area contributed by atoms with Crippen molar-refractivity contribution in [2.24, 2.45) is 11.7 Å². The molecule has 1 unspecified atom stereocenters. The Morgan fingerprint density at radius 1 is 1.62 bits per heavy atom. The van der Waals surface area contributed by atoms with Crippen LogP contribution in [-0.2, 0) is 11.3 Å². The fourth-order valence-electron chi connectivity index (χ4n) is 1.22. The zero-order valence-electron chi connectivity index (χ0n) is 9.23. The van der Waals surface area contributed by atoms with Gasteiger partial charge in [0.05, 0.1) is 11.6 Å². The largest absolute Gasteiger partial charge is 0.352 e. The summed E-state index contributed by atoms with van der Waals surface area (Å²) in [4.78, 5) is 11.4. The van der Waals surface area contributed by atoms with E-state index in [4.69, 9.17) is 11.0 Å². The van der Waals surface area contributed by atoms with Gasteiger partial charge in [-0.2, -0.15) is 5.26 Å². The lowest BCUT2D eigenvalue weighted by Crippen LogP contribution is -2.32. The Kier molecular flexibility index (Phi) is 4.49. The van der Waals surface area contributed by atoms with Gasteiger partial charge >= 0.3 is 0 Å². The lowest BCUT2D eigenvalue weighted by molar-refractivity contribution is -0.124. The zero-order chi connectivity index (χ0) is 12.0. The molecule has 0 heterocycles. The van der Waals surface area contributed by atoms with Gasteiger partial charge in [-0.05, 0) is 17.7 Å². The second-order valence-electron chi connectivity index (χ2n) is 3.67. The van der Waals surface area contributed by atoms with Crippen LogP contribution in [0, 0.1) is 17.2 Å². The molecule has 1 atom stereocenters. The maximum Gasteiger partial charge on any atom is 0.224 e. The Morgan fingerprint density at radius 3 is 3.00 bits per heavy atom. The first-order chi connectivity index (χ1) is 7.67. The molecular formula is C12H15N3O. The molecule has 1 rings (SSSR count). The molecule has 0 aliphatic heterocycles. The van der Waals surface area contributed by atoms with Crippen LogP contribution in [0.15, 0.2) is 24.3 Å². The van der Waals surface area contributed by atoms with E-state index >= 15 is 0 Å². The molecular weight excluding hydrogens is 202 g/mol. The predicted molar refractivity (Wildman–Crippen MR) is 61.2 cm³/mol. The number of nitriles is 1. The molecule has 0 bridgehead atoms. The van der Waals surface area contributed by atoms with Gasteiger partial charge in [-0.15, -0.1) is 0 Å². The van der Waals surface area contributed by atoms with Crippen molar-refractivity contribution < 1.29 is 4.79 Å². The number of amides is 1. The molecule has 3 N–H and O–H groups in total. The van der Waals surface area contributed by atoms with Gasteiger partial charge in [-0.3, -0.25) is 4.79 Å². The lowest BCUT2D eigenvalue weighted by Gasteiger charge is -2.09. The fraction of sp³-hybridized carbons (Fsp3) is 0.333. The summed E-state index contributed by atoms with van der Waals surface area (Å²) in [6.45, 7) is 2.55. The van der Waals surface area contributed by atoms with Gasteiger partial charge in [0.1, 0.15) is 0 Å². The van der Waals surface area contributed by atoms with E-state index in [1.807, 2.05) is 6.07 Å². The maximum atomic E-state index is 11.4. The van der Waals surface area contributed by atoms with Crippen molar-refractivity contribution in [3.8, 4) is 6.07 Å². The summed E-state index contributed by atoms with van der Waals surface area (Å²) < 4.78 is 0. The van der Waals surface area contributed by atoms with Crippen molar-refractivity contribution >= 4 is 5.91 Å². The Balaban J connectivity index is 2.55. The summed E-state index contributed by atoms with van der Waals surface area (Å²) in [5.74, 6) is -0.246. The van der Waals surface area contributed by atoms with E-state index in [-0.39, 0.29) is 11.8 Å². The summed E-state index contributed by atoms with van der Waals surface area (Å²) in [7, 11) is 0. The van der Waals surface area contributed by atoms with Gasteiger partial charge in [0.15, 0.2) is 0 Å². The van der Waals surface area contributed by atoms with Gasteiger partial charge in [-0.25, -0.2) is 0 Å². The van der Waals surface area contributed by atoms with Crippen LogP contribution < -0.4 is 11.1 Å². The number of nitrogens with one attached hydrogen (secondary N) is 1. The van der Waals surface area contributed by atoms with Crippen LogP contribution in [0.1, 0.15) is 18.1 Å². The molecule has 0 radical (unpaired) electrons. The minimum Gasteiger partial charge on any atom is -0.352 e. The van der Waals surface area contributed by atoms with Crippen molar-refractivity contribution in [2.45, 2.75) is 13.5 Å². The van der Waals surface area contributed by atoms with Crippen LogP contribution in [0.3, 0.4) is 0 Å². The van der Waals surface area contributed by atoms with E-state index in [0.717, 1.165) is 5.56 Å². The maximum absolute atomic E-state index is 11.4. The van der Waals surface area contributed by atoms with E-state index in [1.165, 1.54) is 0 Å². The van der Waals surface area contributed by atoms with Crippen LogP contribution >= 0.6 is 0 Å². The van der Waals surface area contributed by atoms with E-state index < -0.39 is 0 Å². The smallest absolute Gasteiger partial charge is 0.224 e. The summed E-state index contributed by atoms with van der Waals surface area (Å²) in [6, 6.07) is 9.21. The normalized spacial score (nSPS) is 11.6. The van der Waals surface area contributed by atoms with E-state index in [9.17, 15) is 4.79 Å². The Bertz CT molecular complexity index is 409. The number of nitrogens with zero attached hydrogens (tertiary/aromatic N) is 1. The molecule has 0 spiro atoms. The number of hydrogen-bond acceptors (Lipinski definition) is 3. The third-order valence-corrected chi connectivity index (χ3v) is 2.32. The molecule has 16 heavy (non-hydrogen) atoms. The Labute approximate surface area is 95.1 Å². The van der Waals surface area contributed by atoms with Crippen LogP contribution in [0.25, 0.3) is 0 Å². The molecule has 4 heteroatoms. The molecule has 1 aromatic rings. The number of hydrogen-bond donors (Lipinski definition) is 2. The standard InChI is InChI=1S/C12H15N3O/c1-9(6-13)12(16)15-8-11-4-2-3-10(5-11)7-14/h2-5,9H,6,8,13H2,1H3,(H,15,16). The minimum absolute atomic E-state index is 0.0649. The van der Waals surface area contributed by atoms with E-state index in [0.29, 0.717) is 18.7 Å². The van der Waals surface area contributed by atoms with Crippen molar-refractivity contribution in [1.82, 2.24) is 5.32 Å². The van der Waals surface area contributed by atoms with Crippen molar-refractivity contribution in [3.63, 3.8) is 0 Å². The fourth-order valence-corrected chi connectivity index (χ4v) is 1.22. The van der Waals surface area contributed by atoms with Gasteiger partial charge in [0.2, 0.25) is 5.91 Å². The number of nitrogens with two attached hydrogens (primary N) is 1. The van der Waals surface area contributed by atoms with Crippen molar-refractivity contribution in [3.05, 3.63) is 35.4 Å². The summed E-state index contributed by atoms with van der Waals surface area (Å²) in [5.41, 5.74) is 6.89. The van der Waals surface area contributed by atoms with Crippen molar-refractivity contribution in [1.29, 1.82) is 5.26 Å². The summed E-state index contributed by atoms with van der Waals surface area (Å²) >= 11 is 0. The lowest BCUT2D eigenvalue weighted by atomic mass is 10.1. The SMILES string of the molecule is CC(CN)C(=O)NCc1cccc(C#N)c1. The summed E-state index contributed by atoms with van der Waals surface area (Å²) in [6.07, 6.45) is 0. The second-order valence-corrected chi connectivity index (χ2v) is 3.67. The number of carbonyl (C=O) groups excluding carboxylic acids is 1. The van der Waals surface area contributed by atoms with Crippen LogP contribution in [0.2, 0.25) is 0 Å². The number of rotatable bonds is 4. The molecule has 0 saturated carbocycles. The number of carbonyl (C=O) groups is 1. The second kappa shape index (κ2) is 5.89. The van der Waals surface area contributed by atoms with E-state index in [1.54, 1.807) is 25.1 Å². The molecule has 0 aliphatic carbocycles. The highest BCUT2D eigenvalue weighted by Gasteiger charge is 2.09. The molecule has 4 nitrogen and oxygen atoms in total. The van der Waals surface area contributed by atoms with Crippen molar-refractivity contribution in [2.75, 3.05) is 6.54 Å². The van der Waals surface area contributed by atoms with Gasteiger partial charge in [0.25, 0.3) is 0 Å². The molecule has 0 saturated heterocycles. The molecule has 0 aromatic heterocycles. The average molecular weight is 217 g/mol. The monoisotopic (exact) mass is 217 g/mol. The summed E-state index contributed by atoms with van der Waals surface area (Å²) in [5, 5.41) is 11.5. The highest BCUT2D eigenvalue weighted by atomic mass is 16.1. The molecule has 84 valence electrons. The first kappa shape index (κ1) is 12.2. The van der Waals surface area contributed by atoms with Crippen LogP contribution in [0.5, 0.6) is 0 Å². The Hall–Kier alpha value is -1.86. The quantitative estimate of drug-likeness (QED) is 0.781. The number of benzene rings is 1. The topological polar surface area (TPSA) is 78.9 Å². The van der Waals surface area contributed by atoms with E-state index in [2.05, 4.69) is 11.4 Å². The predicted octanol–water partition coefficient (Wildman–Crippen LogP) is 0.769. The minimum atomic E-state index is -0.181. The van der Waals surface area contributed by atoms with Crippen LogP contribution in [-0.4, -0.2) is 12.5 Å². The third kappa shape index (κ3) is 3.37. The molecule has 0 fully saturated rings. The van der Waals surface area contributed by atoms with Gasteiger partial charge in [-0.1, -0.05) is 19.1 Å². The highest BCUT2D eigenvalue weighted by molar-refractivity contribution is 5.78. The highest BCUT2D eigenvalue weighted by Crippen LogP contribution is 2.04. The van der Waals surface area contributed by atoms with Gasteiger partial charge < -0.3 is 11.1 Å². The third-order valence-electron chi connectivity index (χ3n) is 2.32. The Morgan fingerprint density at radius 2 is 2.38 bits per heavy atom. The van der Waals surface area contributed by atoms with Crippen LogP contribution in [0.4, 0.5) is 0 Å². The molecule has 0 aliphatic rings. The first-order valence-electron chi connectivity index (χ1n) is 5.14. The first-order valence-corrected chi connectivity index (χ1v) is 5.14. The molecule has 1 aromatic carbocycles. The zero-order valence-corrected chi connectivity index (χ0v) is 9.23. The average Bonchev–Trinajstić information content (AvgIpc) is 2.35. The van der Waals surface area contributed by atoms with Gasteiger partial charge in [0, 0.05) is 19.0 Å². The molecule has 1 amide bonds.